The Balaban J connectivity index is 2.07. The maximum Gasteiger partial charge on any atom is 0.311 e. The number of pyridine rings is 1. The molecule has 0 atom stereocenters. The molecule has 2 rings (SSSR count). The molecular formula is C15H17N3O4. The third-order valence-electron chi connectivity index (χ3n) is 3.93. The van der Waals surface area contributed by atoms with Gasteiger partial charge in [-0.2, -0.15) is 5.26 Å². The number of nitrogens with one attached hydrogen (secondary N) is 1. The van der Waals surface area contributed by atoms with E-state index in [1.54, 1.807) is 6.92 Å². The van der Waals surface area contributed by atoms with Crippen molar-refractivity contribution in [1.82, 2.24) is 10.3 Å². The number of carbonyl (C=O) groups excluding carboxylic acids is 1. The Hall–Kier alpha value is -2.46. The van der Waals surface area contributed by atoms with Crippen molar-refractivity contribution < 1.29 is 19.4 Å². The zero-order valence-corrected chi connectivity index (χ0v) is 12.3. The Labute approximate surface area is 127 Å². The van der Waals surface area contributed by atoms with E-state index >= 15 is 0 Å². The quantitative estimate of drug-likeness (QED) is 0.853. The fourth-order valence-electron chi connectivity index (χ4n) is 2.37. The number of hydrogen-bond acceptors (Lipinski definition) is 5. The van der Waals surface area contributed by atoms with Crippen LogP contribution in [0.15, 0.2) is 12.1 Å². The highest BCUT2D eigenvalue weighted by molar-refractivity contribution is 5.92. The molecule has 2 heterocycles. The molecule has 1 aromatic heterocycles. The SMILES string of the molecule is Cc1nc(C(=O)NCC2(C(=O)O)CCOCC2)ccc1C#N. The summed E-state index contributed by atoms with van der Waals surface area (Å²) in [5.41, 5.74) is 0.0523. The van der Waals surface area contributed by atoms with E-state index in [1.165, 1.54) is 12.1 Å². The minimum atomic E-state index is -0.991. The minimum Gasteiger partial charge on any atom is -0.481 e. The van der Waals surface area contributed by atoms with Gasteiger partial charge in [0, 0.05) is 19.8 Å². The molecule has 1 amide bonds. The van der Waals surface area contributed by atoms with E-state index < -0.39 is 17.3 Å². The predicted molar refractivity (Wildman–Crippen MR) is 76.1 cm³/mol. The Kier molecular flexibility index (Phi) is 4.73. The van der Waals surface area contributed by atoms with Gasteiger partial charge in [-0.05, 0) is 31.9 Å². The van der Waals surface area contributed by atoms with Gasteiger partial charge >= 0.3 is 5.97 Å². The first-order valence-electron chi connectivity index (χ1n) is 6.95. The highest BCUT2D eigenvalue weighted by Crippen LogP contribution is 2.30. The molecule has 0 bridgehead atoms. The highest BCUT2D eigenvalue weighted by Gasteiger charge is 2.40. The molecule has 0 spiro atoms. The Morgan fingerprint density at radius 1 is 1.45 bits per heavy atom. The van der Waals surface area contributed by atoms with Crippen LogP contribution in [-0.4, -0.2) is 41.7 Å². The summed E-state index contributed by atoms with van der Waals surface area (Å²) in [6.07, 6.45) is 0.727. The maximum absolute atomic E-state index is 12.1. The molecular weight excluding hydrogens is 286 g/mol. The first kappa shape index (κ1) is 15.9. The van der Waals surface area contributed by atoms with E-state index in [0.717, 1.165) is 0 Å². The summed E-state index contributed by atoms with van der Waals surface area (Å²) in [5, 5.41) is 20.9. The second-order valence-corrected chi connectivity index (χ2v) is 5.32. The fraction of sp³-hybridized carbons (Fsp3) is 0.467. The van der Waals surface area contributed by atoms with Gasteiger partial charge in [0.1, 0.15) is 11.8 Å². The number of aromatic nitrogens is 1. The molecule has 22 heavy (non-hydrogen) atoms. The van der Waals surface area contributed by atoms with Crippen molar-refractivity contribution in [2.75, 3.05) is 19.8 Å². The van der Waals surface area contributed by atoms with Crippen LogP contribution in [0.25, 0.3) is 0 Å². The summed E-state index contributed by atoms with van der Waals surface area (Å²) in [5.74, 6) is -1.38. The molecule has 7 nitrogen and oxygen atoms in total. The van der Waals surface area contributed by atoms with Crippen LogP contribution in [0.1, 0.15) is 34.6 Å². The van der Waals surface area contributed by atoms with Crippen molar-refractivity contribution in [1.29, 1.82) is 5.26 Å². The molecule has 1 aliphatic rings. The largest absolute Gasteiger partial charge is 0.481 e. The summed E-state index contributed by atoms with van der Waals surface area (Å²) < 4.78 is 5.19. The van der Waals surface area contributed by atoms with Crippen LogP contribution in [0, 0.1) is 23.7 Å². The smallest absolute Gasteiger partial charge is 0.311 e. The van der Waals surface area contributed by atoms with Crippen molar-refractivity contribution in [2.24, 2.45) is 5.41 Å². The molecule has 7 heteroatoms. The van der Waals surface area contributed by atoms with Crippen molar-refractivity contribution in [3.63, 3.8) is 0 Å². The number of amides is 1. The monoisotopic (exact) mass is 303 g/mol. The van der Waals surface area contributed by atoms with Gasteiger partial charge in [-0.1, -0.05) is 0 Å². The molecule has 0 radical (unpaired) electrons. The van der Waals surface area contributed by atoms with E-state index in [1.807, 2.05) is 6.07 Å². The predicted octanol–water partition coefficient (Wildman–Crippen LogP) is 0.873. The molecule has 0 aromatic carbocycles. The summed E-state index contributed by atoms with van der Waals surface area (Å²) in [4.78, 5) is 27.7. The Bertz CT molecular complexity index is 630. The average Bonchev–Trinajstić information content (AvgIpc) is 2.53. The van der Waals surface area contributed by atoms with Crippen molar-refractivity contribution in [3.05, 3.63) is 29.1 Å². The number of carbonyl (C=O) groups is 2. The molecule has 0 aliphatic carbocycles. The van der Waals surface area contributed by atoms with Gasteiger partial charge in [-0.15, -0.1) is 0 Å². The minimum absolute atomic E-state index is 0.0330. The summed E-state index contributed by atoms with van der Waals surface area (Å²) in [6.45, 7) is 2.42. The second-order valence-electron chi connectivity index (χ2n) is 5.32. The second kappa shape index (κ2) is 6.54. The third kappa shape index (κ3) is 3.23. The maximum atomic E-state index is 12.1. The standard InChI is InChI=1S/C15H17N3O4/c1-10-11(8-16)2-3-12(18-10)13(19)17-9-15(14(20)21)4-6-22-7-5-15/h2-3H,4-7,9H2,1H3,(H,17,19)(H,20,21). The molecule has 2 N–H and O–H groups in total. The molecule has 1 aromatic rings. The number of aryl methyl sites for hydroxylation is 1. The average molecular weight is 303 g/mol. The van der Waals surface area contributed by atoms with Crippen LogP contribution >= 0.6 is 0 Å². The van der Waals surface area contributed by atoms with Gasteiger partial charge in [-0.25, -0.2) is 4.98 Å². The molecule has 0 unspecified atom stereocenters. The van der Waals surface area contributed by atoms with Crippen LogP contribution in [-0.2, 0) is 9.53 Å². The van der Waals surface area contributed by atoms with Crippen molar-refractivity contribution >= 4 is 11.9 Å². The van der Waals surface area contributed by atoms with Crippen LogP contribution in [0.4, 0.5) is 0 Å². The summed E-state index contributed by atoms with van der Waals surface area (Å²) in [7, 11) is 0. The van der Waals surface area contributed by atoms with E-state index in [2.05, 4.69) is 10.3 Å². The van der Waals surface area contributed by atoms with E-state index in [9.17, 15) is 14.7 Å². The lowest BCUT2D eigenvalue weighted by molar-refractivity contribution is -0.154. The number of rotatable bonds is 4. The van der Waals surface area contributed by atoms with Gasteiger partial charge in [0.05, 0.1) is 16.7 Å². The van der Waals surface area contributed by atoms with Crippen LogP contribution in [0.3, 0.4) is 0 Å². The molecule has 1 saturated heterocycles. The lowest BCUT2D eigenvalue weighted by Gasteiger charge is -2.33. The van der Waals surface area contributed by atoms with Crippen LogP contribution < -0.4 is 5.32 Å². The summed E-state index contributed by atoms with van der Waals surface area (Å²) in [6, 6.07) is 4.96. The lowest BCUT2D eigenvalue weighted by atomic mass is 9.80. The van der Waals surface area contributed by atoms with Gasteiger partial charge in [0.2, 0.25) is 0 Å². The zero-order chi connectivity index (χ0) is 16.2. The summed E-state index contributed by atoms with van der Waals surface area (Å²) >= 11 is 0. The van der Waals surface area contributed by atoms with Crippen molar-refractivity contribution in [2.45, 2.75) is 19.8 Å². The molecule has 0 saturated carbocycles. The number of nitrogens with zero attached hydrogens (tertiary/aromatic N) is 2. The number of aliphatic carboxylic acids is 1. The van der Waals surface area contributed by atoms with Gasteiger partial charge in [0.15, 0.2) is 0 Å². The first-order valence-corrected chi connectivity index (χ1v) is 6.95. The normalized spacial score (nSPS) is 16.5. The lowest BCUT2D eigenvalue weighted by Crippen LogP contribution is -2.46. The van der Waals surface area contributed by atoms with E-state index in [0.29, 0.717) is 37.3 Å². The Morgan fingerprint density at radius 2 is 2.14 bits per heavy atom. The molecule has 1 fully saturated rings. The highest BCUT2D eigenvalue weighted by atomic mass is 16.5. The van der Waals surface area contributed by atoms with Crippen LogP contribution in [0.2, 0.25) is 0 Å². The number of carboxylic acid groups (broad SMARTS) is 1. The first-order chi connectivity index (χ1) is 10.5. The molecule has 1 aliphatic heterocycles. The third-order valence-corrected chi connectivity index (χ3v) is 3.93. The van der Waals surface area contributed by atoms with Gasteiger partial charge < -0.3 is 15.2 Å². The Morgan fingerprint density at radius 3 is 2.68 bits per heavy atom. The van der Waals surface area contributed by atoms with E-state index in [4.69, 9.17) is 10.00 Å². The number of ether oxygens (including phenoxy) is 1. The molecule has 116 valence electrons. The topological polar surface area (TPSA) is 112 Å². The number of hydrogen-bond donors (Lipinski definition) is 2. The number of carboxylic acids is 1. The van der Waals surface area contributed by atoms with Crippen LogP contribution in [0.5, 0.6) is 0 Å². The van der Waals surface area contributed by atoms with Crippen molar-refractivity contribution in [3.8, 4) is 6.07 Å². The zero-order valence-electron chi connectivity index (χ0n) is 12.3. The van der Waals surface area contributed by atoms with Gasteiger partial charge in [0.25, 0.3) is 5.91 Å². The van der Waals surface area contributed by atoms with Gasteiger partial charge in [-0.3, -0.25) is 9.59 Å². The number of nitriles is 1. The fourth-order valence-corrected chi connectivity index (χ4v) is 2.37. The van der Waals surface area contributed by atoms with E-state index in [-0.39, 0.29) is 12.2 Å².